The van der Waals surface area contributed by atoms with Crippen molar-refractivity contribution in [1.82, 2.24) is 10.3 Å². The summed E-state index contributed by atoms with van der Waals surface area (Å²) in [7, 11) is 0. The lowest BCUT2D eigenvalue weighted by atomic mass is 10.2. The standard InChI is InChI=1S/C11H18N2S2/c1-8(2)14-7-11-13-10(6-15-11)9-4-3-5-12-9/h6,8-9,12H,3-5,7H2,1-2H3/t9-/m0/s1. The van der Waals surface area contributed by atoms with Crippen LogP contribution in [0.2, 0.25) is 0 Å². The van der Waals surface area contributed by atoms with Crippen LogP contribution in [-0.2, 0) is 5.75 Å². The molecule has 1 N–H and O–H groups in total. The van der Waals surface area contributed by atoms with Crippen molar-refractivity contribution in [1.29, 1.82) is 0 Å². The van der Waals surface area contributed by atoms with E-state index in [1.165, 1.54) is 23.5 Å². The van der Waals surface area contributed by atoms with Crippen molar-refractivity contribution in [2.24, 2.45) is 0 Å². The molecule has 0 saturated carbocycles. The van der Waals surface area contributed by atoms with Crippen molar-refractivity contribution in [2.75, 3.05) is 6.54 Å². The van der Waals surface area contributed by atoms with E-state index in [1.807, 2.05) is 11.8 Å². The zero-order valence-electron chi connectivity index (χ0n) is 9.32. The number of nitrogens with zero attached hydrogens (tertiary/aromatic N) is 1. The van der Waals surface area contributed by atoms with Gasteiger partial charge in [-0.2, -0.15) is 11.8 Å². The molecule has 0 unspecified atom stereocenters. The summed E-state index contributed by atoms with van der Waals surface area (Å²) in [6.45, 7) is 5.62. The van der Waals surface area contributed by atoms with Crippen LogP contribution in [0.15, 0.2) is 5.38 Å². The number of rotatable bonds is 4. The number of hydrogen-bond donors (Lipinski definition) is 1. The molecule has 0 spiro atoms. The quantitative estimate of drug-likeness (QED) is 0.877. The van der Waals surface area contributed by atoms with Gasteiger partial charge in [-0.15, -0.1) is 11.3 Å². The summed E-state index contributed by atoms with van der Waals surface area (Å²) in [5.41, 5.74) is 1.26. The highest BCUT2D eigenvalue weighted by Crippen LogP contribution is 2.26. The molecule has 2 heterocycles. The maximum atomic E-state index is 4.70. The fourth-order valence-electron chi connectivity index (χ4n) is 1.73. The van der Waals surface area contributed by atoms with Gasteiger partial charge in [-0.1, -0.05) is 13.8 Å². The summed E-state index contributed by atoms with van der Waals surface area (Å²) in [4.78, 5) is 4.70. The number of nitrogens with one attached hydrogen (secondary N) is 1. The van der Waals surface area contributed by atoms with E-state index in [-0.39, 0.29) is 0 Å². The molecule has 0 radical (unpaired) electrons. The Morgan fingerprint density at radius 2 is 2.53 bits per heavy atom. The van der Waals surface area contributed by atoms with Gasteiger partial charge in [0.15, 0.2) is 0 Å². The summed E-state index contributed by atoms with van der Waals surface area (Å²) >= 11 is 3.77. The molecule has 1 aromatic rings. The highest BCUT2D eigenvalue weighted by Gasteiger charge is 2.18. The number of aromatic nitrogens is 1. The Morgan fingerprint density at radius 3 is 3.20 bits per heavy atom. The van der Waals surface area contributed by atoms with Crippen LogP contribution in [0.1, 0.15) is 43.4 Å². The summed E-state index contributed by atoms with van der Waals surface area (Å²) in [6.07, 6.45) is 2.54. The van der Waals surface area contributed by atoms with Gasteiger partial charge in [0.2, 0.25) is 0 Å². The van der Waals surface area contributed by atoms with Gasteiger partial charge in [0.1, 0.15) is 5.01 Å². The summed E-state index contributed by atoms with van der Waals surface area (Å²) in [6, 6.07) is 0.527. The topological polar surface area (TPSA) is 24.9 Å². The van der Waals surface area contributed by atoms with Crippen molar-refractivity contribution >= 4 is 23.1 Å². The number of thioether (sulfide) groups is 1. The molecule has 4 heteroatoms. The van der Waals surface area contributed by atoms with E-state index in [9.17, 15) is 0 Å². The van der Waals surface area contributed by atoms with E-state index in [1.54, 1.807) is 11.3 Å². The molecular weight excluding hydrogens is 224 g/mol. The molecule has 0 bridgehead atoms. The molecule has 1 atom stereocenters. The minimum atomic E-state index is 0.527. The summed E-state index contributed by atoms with van der Waals surface area (Å²) in [5.74, 6) is 1.06. The third-order valence-electron chi connectivity index (χ3n) is 2.53. The second-order valence-corrected chi connectivity index (χ2v) is 6.68. The Balaban J connectivity index is 1.91. The van der Waals surface area contributed by atoms with Crippen LogP contribution in [0.3, 0.4) is 0 Å². The van der Waals surface area contributed by atoms with Crippen LogP contribution in [0, 0.1) is 0 Å². The van der Waals surface area contributed by atoms with E-state index in [2.05, 4.69) is 24.5 Å². The highest BCUT2D eigenvalue weighted by molar-refractivity contribution is 7.99. The smallest absolute Gasteiger partial charge is 0.103 e. The minimum Gasteiger partial charge on any atom is -0.309 e. The Bertz CT molecular complexity index is 303. The molecule has 1 saturated heterocycles. The third kappa shape index (κ3) is 3.20. The first-order chi connectivity index (χ1) is 7.25. The first-order valence-electron chi connectivity index (χ1n) is 5.55. The van der Waals surface area contributed by atoms with Gasteiger partial charge in [-0.3, -0.25) is 0 Å². The monoisotopic (exact) mass is 242 g/mol. The minimum absolute atomic E-state index is 0.527. The largest absolute Gasteiger partial charge is 0.309 e. The van der Waals surface area contributed by atoms with E-state index in [4.69, 9.17) is 4.98 Å². The van der Waals surface area contributed by atoms with Gasteiger partial charge < -0.3 is 5.32 Å². The van der Waals surface area contributed by atoms with Gasteiger partial charge in [0.25, 0.3) is 0 Å². The lowest BCUT2D eigenvalue weighted by Gasteiger charge is -2.05. The van der Waals surface area contributed by atoms with Crippen molar-refractivity contribution in [2.45, 2.75) is 43.7 Å². The molecule has 1 aliphatic rings. The Hall–Kier alpha value is -0.0600. The van der Waals surface area contributed by atoms with Crippen LogP contribution < -0.4 is 5.32 Å². The van der Waals surface area contributed by atoms with E-state index in [0.29, 0.717) is 11.3 Å². The average Bonchev–Trinajstić information content (AvgIpc) is 2.85. The Labute approximate surface area is 99.9 Å². The first-order valence-corrected chi connectivity index (χ1v) is 7.48. The normalized spacial score (nSPS) is 21.4. The molecular formula is C11H18N2S2. The average molecular weight is 242 g/mol. The fourth-order valence-corrected chi connectivity index (χ4v) is 3.38. The van der Waals surface area contributed by atoms with Gasteiger partial charge in [-0.05, 0) is 24.6 Å². The van der Waals surface area contributed by atoms with Crippen molar-refractivity contribution < 1.29 is 0 Å². The van der Waals surface area contributed by atoms with E-state index in [0.717, 1.165) is 12.3 Å². The second-order valence-electron chi connectivity index (χ2n) is 4.17. The molecule has 1 fully saturated rings. The lowest BCUT2D eigenvalue weighted by Crippen LogP contribution is -2.13. The van der Waals surface area contributed by atoms with Gasteiger partial charge in [0, 0.05) is 11.1 Å². The Kier molecular flexibility index (Phi) is 4.05. The fraction of sp³-hybridized carbons (Fsp3) is 0.727. The number of thiazole rings is 1. The molecule has 0 aromatic carbocycles. The summed E-state index contributed by atoms with van der Waals surface area (Å²) in [5, 5.41) is 7.68. The van der Waals surface area contributed by atoms with Crippen molar-refractivity contribution in [3.8, 4) is 0 Å². The van der Waals surface area contributed by atoms with Crippen LogP contribution in [0.4, 0.5) is 0 Å². The summed E-state index contributed by atoms with van der Waals surface area (Å²) < 4.78 is 0. The van der Waals surface area contributed by atoms with Crippen LogP contribution in [0.25, 0.3) is 0 Å². The lowest BCUT2D eigenvalue weighted by molar-refractivity contribution is 0.630. The highest BCUT2D eigenvalue weighted by atomic mass is 32.2. The molecule has 1 aromatic heterocycles. The van der Waals surface area contributed by atoms with E-state index < -0.39 is 0 Å². The third-order valence-corrected chi connectivity index (χ3v) is 4.68. The number of hydrogen-bond acceptors (Lipinski definition) is 4. The van der Waals surface area contributed by atoms with Crippen molar-refractivity contribution in [3.63, 3.8) is 0 Å². The predicted molar refractivity (Wildman–Crippen MR) is 68.5 cm³/mol. The molecule has 2 nitrogen and oxygen atoms in total. The predicted octanol–water partition coefficient (Wildman–Crippen LogP) is 3.21. The van der Waals surface area contributed by atoms with Crippen LogP contribution in [-0.4, -0.2) is 16.8 Å². The van der Waals surface area contributed by atoms with Crippen LogP contribution in [0.5, 0.6) is 0 Å². The van der Waals surface area contributed by atoms with E-state index >= 15 is 0 Å². The first kappa shape index (κ1) is 11.4. The van der Waals surface area contributed by atoms with Crippen LogP contribution >= 0.6 is 23.1 Å². The van der Waals surface area contributed by atoms with Gasteiger partial charge in [0.05, 0.1) is 11.7 Å². The second kappa shape index (κ2) is 5.32. The maximum absolute atomic E-state index is 4.70. The van der Waals surface area contributed by atoms with Crippen molar-refractivity contribution in [3.05, 3.63) is 16.1 Å². The molecule has 15 heavy (non-hydrogen) atoms. The molecule has 2 rings (SSSR count). The molecule has 84 valence electrons. The Morgan fingerprint density at radius 1 is 1.67 bits per heavy atom. The zero-order chi connectivity index (χ0) is 10.7. The zero-order valence-corrected chi connectivity index (χ0v) is 11.0. The molecule has 1 aliphatic heterocycles. The molecule has 0 aliphatic carbocycles. The van der Waals surface area contributed by atoms with Gasteiger partial charge in [-0.25, -0.2) is 4.98 Å². The maximum Gasteiger partial charge on any atom is 0.103 e. The van der Waals surface area contributed by atoms with Gasteiger partial charge >= 0.3 is 0 Å². The molecule has 0 amide bonds. The SMILES string of the molecule is CC(C)SCc1nc([C@@H]2CCCN2)cs1.